The second kappa shape index (κ2) is 5.82. The molecule has 88 valence electrons. The third-order valence-electron chi connectivity index (χ3n) is 1.75. The number of halogens is 2. The van der Waals surface area contributed by atoms with Crippen LogP contribution in [-0.2, 0) is 4.84 Å². The van der Waals surface area contributed by atoms with E-state index < -0.39 is 11.7 Å². The number of rotatable bonds is 4. The van der Waals surface area contributed by atoms with Crippen molar-refractivity contribution in [2.75, 3.05) is 6.61 Å². The maximum Gasteiger partial charge on any atom is 0.277 e. The number of amides is 1. The number of carbonyl (C=O) groups is 1. The van der Waals surface area contributed by atoms with Gasteiger partial charge in [-0.1, -0.05) is 25.4 Å². The molecule has 0 fully saturated rings. The Morgan fingerprint density at radius 2 is 2.25 bits per heavy atom. The number of hydrogen-bond donors (Lipinski definition) is 1. The van der Waals surface area contributed by atoms with Gasteiger partial charge in [-0.3, -0.25) is 9.63 Å². The third kappa shape index (κ3) is 3.79. The van der Waals surface area contributed by atoms with Gasteiger partial charge in [-0.2, -0.15) is 0 Å². The fourth-order valence-corrected chi connectivity index (χ4v) is 1.17. The predicted octanol–water partition coefficient (Wildman–Crippen LogP) is 2.80. The van der Waals surface area contributed by atoms with Crippen LogP contribution in [-0.4, -0.2) is 12.5 Å². The van der Waals surface area contributed by atoms with Crippen molar-refractivity contribution in [1.29, 1.82) is 0 Å². The van der Waals surface area contributed by atoms with Crippen molar-refractivity contribution in [1.82, 2.24) is 5.48 Å². The van der Waals surface area contributed by atoms with Gasteiger partial charge in [0.1, 0.15) is 5.82 Å². The molecule has 16 heavy (non-hydrogen) atoms. The van der Waals surface area contributed by atoms with Gasteiger partial charge < -0.3 is 0 Å². The molecule has 0 bridgehead atoms. The Morgan fingerprint density at radius 3 is 2.88 bits per heavy atom. The van der Waals surface area contributed by atoms with Gasteiger partial charge >= 0.3 is 0 Å². The van der Waals surface area contributed by atoms with Crippen LogP contribution in [0.2, 0.25) is 5.02 Å². The van der Waals surface area contributed by atoms with Crippen molar-refractivity contribution in [2.45, 2.75) is 13.8 Å². The highest BCUT2D eigenvalue weighted by atomic mass is 35.5. The smallest absolute Gasteiger partial charge is 0.273 e. The SMILES string of the molecule is CC(C)CONC(=O)c1cc(Cl)ccc1F. The monoisotopic (exact) mass is 245 g/mol. The predicted molar refractivity (Wildman–Crippen MR) is 59.7 cm³/mol. The van der Waals surface area contributed by atoms with Gasteiger partial charge in [0, 0.05) is 5.02 Å². The van der Waals surface area contributed by atoms with Crippen LogP contribution in [0.3, 0.4) is 0 Å². The molecule has 0 saturated heterocycles. The zero-order valence-corrected chi connectivity index (χ0v) is 9.84. The first-order valence-electron chi connectivity index (χ1n) is 4.88. The molecule has 0 saturated carbocycles. The minimum absolute atomic E-state index is 0.128. The average molecular weight is 246 g/mol. The lowest BCUT2D eigenvalue weighted by molar-refractivity contribution is 0.0205. The molecule has 1 rings (SSSR count). The largest absolute Gasteiger partial charge is 0.277 e. The fraction of sp³-hybridized carbons (Fsp3) is 0.364. The number of carbonyl (C=O) groups excluding carboxylic acids is 1. The molecular weight excluding hydrogens is 233 g/mol. The molecule has 1 aromatic carbocycles. The van der Waals surface area contributed by atoms with E-state index in [9.17, 15) is 9.18 Å². The van der Waals surface area contributed by atoms with E-state index in [1.165, 1.54) is 12.1 Å². The maximum atomic E-state index is 13.2. The summed E-state index contributed by atoms with van der Waals surface area (Å²) in [5, 5.41) is 0.301. The molecule has 0 aliphatic heterocycles. The number of hydrogen-bond acceptors (Lipinski definition) is 2. The molecule has 0 radical (unpaired) electrons. The third-order valence-corrected chi connectivity index (χ3v) is 1.99. The lowest BCUT2D eigenvalue weighted by Gasteiger charge is -2.08. The minimum Gasteiger partial charge on any atom is -0.273 e. The molecular formula is C11H13ClFNO2. The quantitative estimate of drug-likeness (QED) is 0.829. The molecule has 3 nitrogen and oxygen atoms in total. The molecule has 1 N–H and O–H groups in total. The molecule has 0 heterocycles. The Balaban J connectivity index is 2.62. The molecule has 5 heteroatoms. The minimum atomic E-state index is -0.638. The van der Waals surface area contributed by atoms with Crippen LogP contribution in [0, 0.1) is 11.7 Å². The van der Waals surface area contributed by atoms with Gasteiger partial charge in [0.05, 0.1) is 12.2 Å². The lowest BCUT2D eigenvalue weighted by atomic mass is 10.2. The van der Waals surface area contributed by atoms with E-state index in [4.69, 9.17) is 16.4 Å². The van der Waals surface area contributed by atoms with E-state index >= 15 is 0 Å². The maximum absolute atomic E-state index is 13.2. The van der Waals surface area contributed by atoms with Gasteiger partial charge in [0.2, 0.25) is 0 Å². The first-order chi connectivity index (χ1) is 7.50. The highest BCUT2D eigenvalue weighted by Crippen LogP contribution is 2.14. The van der Waals surface area contributed by atoms with Crippen molar-refractivity contribution in [2.24, 2.45) is 5.92 Å². The molecule has 0 aliphatic carbocycles. The standard InChI is InChI=1S/C11H13ClFNO2/c1-7(2)6-16-14-11(15)9-5-8(12)3-4-10(9)13/h3-5,7H,6H2,1-2H3,(H,14,15). The Bertz CT molecular complexity index is 382. The highest BCUT2D eigenvalue weighted by Gasteiger charge is 2.12. The normalized spacial score (nSPS) is 10.6. The van der Waals surface area contributed by atoms with Gasteiger partial charge in [-0.25, -0.2) is 9.87 Å². The van der Waals surface area contributed by atoms with Crippen LogP contribution in [0.15, 0.2) is 18.2 Å². The summed E-state index contributed by atoms with van der Waals surface area (Å²) < 4.78 is 13.2. The topological polar surface area (TPSA) is 38.3 Å². The molecule has 0 unspecified atom stereocenters. The molecule has 0 atom stereocenters. The van der Waals surface area contributed by atoms with E-state index in [1.54, 1.807) is 0 Å². The summed E-state index contributed by atoms with van der Waals surface area (Å²) in [6.45, 7) is 4.24. The summed E-state index contributed by atoms with van der Waals surface area (Å²) in [6.07, 6.45) is 0. The number of nitrogens with one attached hydrogen (secondary N) is 1. The summed E-state index contributed by atoms with van der Waals surface area (Å²) in [6, 6.07) is 3.77. The van der Waals surface area contributed by atoms with Gasteiger partial charge in [-0.05, 0) is 24.1 Å². The van der Waals surface area contributed by atoms with Gasteiger partial charge in [0.15, 0.2) is 0 Å². The Hall–Kier alpha value is -1.13. The van der Waals surface area contributed by atoms with E-state index in [0.717, 1.165) is 6.07 Å². The molecule has 0 aliphatic rings. The number of benzene rings is 1. The lowest BCUT2D eigenvalue weighted by Crippen LogP contribution is -2.26. The highest BCUT2D eigenvalue weighted by molar-refractivity contribution is 6.30. The average Bonchev–Trinajstić information content (AvgIpc) is 2.21. The molecule has 1 aromatic rings. The van der Waals surface area contributed by atoms with Gasteiger partial charge in [0.25, 0.3) is 5.91 Å². The summed E-state index contributed by atoms with van der Waals surface area (Å²) in [4.78, 5) is 16.4. The van der Waals surface area contributed by atoms with Crippen molar-refractivity contribution in [3.05, 3.63) is 34.6 Å². The van der Waals surface area contributed by atoms with Crippen LogP contribution in [0.1, 0.15) is 24.2 Å². The van der Waals surface area contributed by atoms with Crippen molar-refractivity contribution in [3.8, 4) is 0 Å². The van der Waals surface area contributed by atoms with Crippen LogP contribution in [0.25, 0.3) is 0 Å². The second-order valence-electron chi connectivity index (χ2n) is 3.76. The summed E-state index contributed by atoms with van der Waals surface area (Å²) >= 11 is 5.66. The Kier molecular flexibility index (Phi) is 4.71. The Labute approximate surface area is 98.5 Å². The number of hydroxylamine groups is 1. The van der Waals surface area contributed by atoms with Crippen molar-refractivity contribution < 1.29 is 14.0 Å². The van der Waals surface area contributed by atoms with Crippen molar-refractivity contribution in [3.63, 3.8) is 0 Å². The molecule has 0 aromatic heterocycles. The van der Waals surface area contributed by atoms with Crippen LogP contribution in [0.4, 0.5) is 4.39 Å². The van der Waals surface area contributed by atoms with Crippen LogP contribution in [0.5, 0.6) is 0 Å². The molecule has 0 spiro atoms. The zero-order chi connectivity index (χ0) is 12.1. The van der Waals surface area contributed by atoms with Crippen LogP contribution < -0.4 is 5.48 Å². The van der Waals surface area contributed by atoms with E-state index in [0.29, 0.717) is 11.6 Å². The van der Waals surface area contributed by atoms with E-state index in [2.05, 4.69) is 5.48 Å². The summed E-state index contributed by atoms with van der Waals surface area (Å²) in [5.74, 6) is -0.986. The van der Waals surface area contributed by atoms with Gasteiger partial charge in [-0.15, -0.1) is 0 Å². The van der Waals surface area contributed by atoms with Crippen LogP contribution >= 0.6 is 11.6 Å². The van der Waals surface area contributed by atoms with Crippen molar-refractivity contribution >= 4 is 17.5 Å². The Morgan fingerprint density at radius 1 is 1.56 bits per heavy atom. The van der Waals surface area contributed by atoms with E-state index in [-0.39, 0.29) is 11.5 Å². The summed E-state index contributed by atoms with van der Waals surface area (Å²) in [5.41, 5.74) is 2.03. The first kappa shape index (κ1) is 12.9. The molecule has 1 amide bonds. The fourth-order valence-electron chi connectivity index (χ4n) is 1.00. The first-order valence-corrected chi connectivity index (χ1v) is 5.25. The second-order valence-corrected chi connectivity index (χ2v) is 4.20. The summed E-state index contributed by atoms with van der Waals surface area (Å²) in [7, 11) is 0. The zero-order valence-electron chi connectivity index (χ0n) is 9.09. The van der Waals surface area contributed by atoms with E-state index in [1.807, 2.05) is 13.8 Å².